The van der Waals surface area contributed by atoms with Crippen molar-refractivity contribution in [3.63, 3.8) is 0 Å². The normalized spacial score (nSPS) is 30.1. The van der Waals surface area contributed by atoms with Crippen LogP contribution in [0.25, 0.3) is 0 Å². The van der Waals surface area contributed by atoms with Crippen LogP contribution in [0.2, 0.25) is 0 Å². The standard InChI is InChI=1S/C75H99N5O4/c1-46(2)63-45-82-68-38-50(65-19-13-16-31-79(65)10)24-28-56(68)71(63)58-34-48(44-78(8)9)35-59-57(58)40-60(61-41-74(3,4)84-70-39-51(23-27-53(61)70)66-20-14-17-32-80(66)11)72(55-29-33-81-67-37-49(22-26-52(55)67)64-18-12-15-30-77-64)73(59)62-42-75(5,6)83-69-36-47(43-76-7)21-25-54(62)69/h21-28,34-39,46,55,60-66,71-73,76-77H,12-20,29-33,41-45H2,1-11H3. The molecule has 11 unspecified atom stereocenters. The number of piperidine rings is 3. The second-order valence-electron chi connectivity index (χ2n) is 29.2. The van der Waals surface area contributed by atoms with Gasteiger partial charge < -0.3 is 34.5 Å². The first-order chi connectivity index (χ1) is 40.5. The summed E-state index contributed by atoms with van der Waals surface area (Å²) in [5.74, 6) is 5.78. The number of nitrogens with zero attached hydrogens (tertiary/aromatic N) is 3. The summed E-state index contributed by atoms with van der Waals surface area (Å²) in [5, 5.41) is 7.33. The molecule has 0 spiro atoms. The molecule has 11 atom stereocenters. The van der Waals surface area contributed by atoms with Crippen LogP contribution in [0.5, 0.6) is 23.0 Å². The van der Waals surface area contributed by atoms with Gasteiger partial charge in [0, 0.05) is 55.0 Å². The molecule has 3 fully saturated rings. The van der Waals surface area contributed by atoms with Gasteiger partial charge in [-0.25, -0.2) is 0 Å². The van der Waals surface area contributed by atoms with Crippen molar-refractivity contribution < 1.29 is 18.9 Å². The average molecular weight is 1130 g/mol. The number of rotatable bonds is 12. The van der Waals surface area contributed by atoms with Crippen molar-refractivity contribution in [3.8, 4) is 23.0 Å². The summed E-state index contributed by atoms with van der Waals surface area (Å²) in [7, 11) is 11.2. The third-order valence-corrected chi connectivity index (χ3v) is 21.7. The van der Waals surface area contributed by atoms with Gasteiger partial charge in [-0.1, -0.05) is 93.8 Å². The first kappa shape index (κ1) is 58.1. The summed E-state index contributed by atoms with van der Waals surface area (Å²) in [6.45, 7) is 20.7. The number of benzene rings is 5. The number of nitrogens with one attached hydrogen (secondary N) is 2. The Kier molecular flexibility index (Phi) is 16.4. The van der Waals surface area contributed by atoms with Crippen molar-refractivity contribution in [2.45, 2.75) is 191 Å². The Labute approximate surface area is 505 Å². The Morgan fingerprint density at radius 2 is 1.21 bits per heavy atom. The first-order valence-corrected chi connectivity index (χ1v) is 33.1. The van der Waals surface area contributed by atoms with Crippen LogP contribution in [0.3, 0.4) is 0 Å². The van der Waals surface area contributed by atoms with E-state index in [2.05, 4.69) is 180 Å². The van der Waals surface area contributed by atoms with Crippen molar-refractivity contribution >= 4 is 0 Å². The summed E-state index contributed by atoms with van der Waals surface area (Å²) < 4.78 is 28.6. The molecule has 7 aliphatic heterocycles. The van der Waals surface area contributed by atoms with Crippen LogP contribution in [-0.4, -0.2) is 94.0 Å². The van der Waals surface area contributed by atoms with Crippen LogP contribution in [0.4, 0.5) is 0 Å². The molecule has 84 heavy (non-hydrogen) atoms. The molecule has 0 amide bonds. The molecule has 5 aromatic rings. The molecule has 7 heterocycles. The Bertz CT molecular complexity index is 3180. The lowest BCUT2D eigenvalue weighted by Crippen LogP contribution is -2.46. The predicted molar refractivity (Wildman–Crippen MR) is 340 cm³/mol. The van der Waals surface area contributed by atoms with Crippen LogP contribution < -0.4 is 29.6 Å². The van der Waals surface area contributed by atoms with Crippen molar-refractivity contribution in [1.29, 1.82) is 0 Å². The number of ether oxygens (including phenoxy) is 4. The third-order valence-electron chi connectivity index (χ3n) is 21.7. The largest absolute Gasteiger partial charge is 0.493 e. The molecule has 0 bridgehead atoms. The van der Waals surface area contributed by atoms with E-state index < -0.39 is 11.2 Å². The lowest BCUT2D eigenvalue weighted by Gasteiger charge is -2.54. The van der Waals surface area contributed by atoms with Crippen molar-refractivity contribution in [3.05, 3.63) is 158 Å². The van der Waals surface area contributed by atoms with E-state index in [1.165, 1.54) is 118 Å². The maximum atomic E-state index is 7.33. The Hall–Kier alpha value is -4.90. The van der Waals surface area contributed by atoms with E-state index in [0.29, 0.717) is 37.3 Å². The summed E-state index contributed by atoms with van der Waals surface area (Å²) >= 11 is 0. The van der Waals surface area contributed by atoms with E-state index in [0.717, 1.165) is 81.4 Å². The molecule has 448 valence electrons. The molecule has 3 saturated heterocycles. The smallest absolute Gasteiger partial charge is 0.123 e. The maximum Gasteiger partial charge on any atom is 0.123 e. The van der Waals surface area contributed by atoms with Gasteiger partial charge in [-0.15, -0.1) is 0 Å². The van der Waals surface area contributed by atoms with E-state index >= 15 is 0 Å². The Balaban J connectivity index is 1.07. The second-order valence-corrected chi connectivity index (χ2v) is 29.2. The fourth-order valence-electron chi connectivity index (χ4n) is 17.8. The molecule has 8 aliphatic rings. The number of likely N-dealkylation sites (tertiary alicyclic amines) is 2. The minimum Gasteiger partial charge on any atom is -0.493 e. The van der Waals surface area contributed by atoms with Crippen molar-refractivity contribution in [2.24, 2.45) is 23.7 Å². The van der Waals surface area contributed by atoms with Crippen LogP contribution in [0.1, 0.15) is 233 Å². The zero-order valence-electron chi connectivity index (χ0n) is 52.9. The fourth-order valence-corrected chi connectivity index (χ4v) is 17.8. The molecule has 0 saturated carbocycles. The molecule has 9 heteroatoms. The second kappa shape index (κ2) is 23.7. The van der Waals surface area contributed by atoms with Gasteiger partial charge in [0.15, 0.2) is 0 Å². The van der Waals surface area contributed by atoms with E-state index in [1.54, 1.807) is 0 Å². The summed E-state index contributed by atoms with van der Waals surface area (Å²) in [6.07, 6.45) is 18.6. The molecular formula is C75H99N5O4. The van der Waals surface area contributed by atoms with Gasteiger partial charge in [0.25, 0.3) is 0 Å². The number of hydrogen-bond acceptors (Lipinski definition) is 9. The summed E-state index contributed by atoms with van der Waals surface area (Å²) in [5.41, 5.74) is 15.6. The molecule has 2 N–H and O–H groups in total. The van der Waals surface area contributed by atoms with Crippen LogP contribution >= 0.6 is 0 Å². The molecule has 13 rings (SSSR count). The molecular weight excluding hydrogens is 1030 g/mol. The zero-order valence-corrected chi connectivity index (χ0v) is 52.9. The van der Waals surface area contributed by atoms with Gasteiger partial charge in [0.1, 0.15) is 34.2 Å². The van der Waals surface area contributed by atoms with Gasteiger partial charge >= 0.3 is 0 Å². The van der Waals surface area contributed by atoms with Crippen LogP contribution in [-0.2, 0) is 13.1 Å². The molecule has 5 aromatic carbocycles. The van der Waals surface area contributed by atoms with Gasteiger partial charge in [0.2, 0.25) is 0 Å². The first-order valence-electron chi connectivity index (χ1n) is 33.1. The highest BCUT2D eigenvalue weighted by Gasteiger charge is 2.55. The highest BCUT2D eigenvalue weighted by molar-refractivity contribution is 5.59. The SMILES string of the molecule is CNCc1ccc2c(c1)OC(C)(C)CC2C1c2cc(CN(C)C)cc(C3c4ccc(C5CCCCN5C)cc4OCC3C(C)C)c2[C]C(C2CC(C)(C)Oc3cc(C4CCCCN4C)ccc32)C1C1CCOc2cc(C3CCCCN3)ccc21. The molecule has 1 aliphatic carbocycles. The van der Waals surface area contributed by atoms with E-state index in [9.17, 15) is 0 Å². The lowest BCUT2D eigenvalue weighted by molar-refractivity contribution is 0.0358. The summed E-state index contributed by atoms with van der Waals surface area (Å²) in [6, 6.07) is 35.9. The van der Waals surface area contributed by atoms with E-state index in [-0.39, 0.29) is 47.3 Å². The summed E-state index contributed by atoms with van der Waals surface area (Å²) in [4.78, 5) is 7.52. The average Bonchev–Trinajstić information content (AvgIpc) is 0.940. The minimum absolute atomic E-state index is 0.0284. The zero-order chi connectivity index (χ0) is 58.2. The van der Waals surface area contributed by atoms with Gasteiger partial charge in [-0.2, -0.15) is 0 Å². The fraction of sp³-hybridized carbons (Fsp3) is 0.587. The van der Waals surface area contributed by atoms with Crippen molar-refractivity contribution in [2.75, 3.05) is 68.1 Å². The Morgan fingerprint density at radius 1 is 0.619 bits per heavy atom. The predicted octanol–water partition coefficient (Wildman–Crippen LogP) is 15.4. The van der Waals surface area contributed by atoms with Crippen LogP contribution in [0, 0.1) is 30.1 Å². The molecule has 9 nitrogen and oxygen atoms in total. The van der Waals surface area contributed by atoms with E-state index in [4.69, 9.17) is 25.4 Å². The molecule has 0 aromatic heterocycles. The topological polar surface area (TPSA) is 70.7 Å². The monoisotopic (exact) mass is 1130 g/mol. The number of hydrogen-bond donors (Lipinski definition) is 2. The van der Waals surface area contributed by atoms with Gasteiger partial charge in [-0.3, -0.25) is 9.80 Å². The highest BCUT2D eigenvalue weighted by atomic mass is 16.5. The maximum absolute atomic E-state index is 7.33. The van der Waals surface area contributed by atoms with Crippen molar-refractivity contribution in [1.82, 2.24) is 25.3 Å². The molecule has 2 radical (unpaired) electrons. The van der Waals surface area contributed by atoms with Gasteiger partial charge in [-0.05, 0) is 267 Å². The lowest BCUT2D eigenvalue weighted by atomic mass is 9.52. The van der Waals surface area contributed by atoms with Gasteiger partial charge in [0.05, 0.1) is 13.2 Å². The number of fused-ring (bicyclic) bond motifs is 5. The third kappa shape index (κ3) is 11.3. The highest BCUT2D eigenvalue weighted by Crippen LogP contribution is 2.65. The Morgan fingerprint density at radius 3 is 1.88 bits per heavy atom. The quantitative estimate of drug-likeness (QED) is 0.127. The van der Waals surface area contributed by atoms with E-state index in [1.807, 2.05) is 7.05 Å². The minimum atomic E-state index is -0.414. The van der Waals surface area contributed by atoms with Crippen LogP contribution in [0.15, 0.2) is 84.9 Å².